The van der Waals surface area contributed by atoms with Gasteiger partial charge >= 0.3 is 0 Å². The molecule has 1 aromatic heterocycles. The van der Waals surface area contributed by atoms with Crippen molar-refractivity contribution in [1.82, 2.24) is 14.9 Å². The summed E-state index contributed by atoms with van der Waals surface area (Å²) in [5, 5.41) is 1.02. The number of nitrogens with zero attached hydrogens (tertiary/aromatic N) is 3. The van der Waals surface area contributed by atoms with Crippen molar-refractivity contribution >= 4 is 16.8 Å². The van der Waals surface area contributed by atoms with Gasteiger partial charge in [0.15, 0.2) is 5.82 Å². The Morgan fingerprint density at radius 1 is 0.926 bits per heavy atom. The van der Waals surface area contributed by atoms with Crippen molar-refractivity contribution in [2.45, 2.75) is 27.7 Å². The molecule has 0 aliphatic rings. The topological polar surface area (TPSA) is 46.1 Å². The largest absolute Gasteiger partial charge is 0.338 e. The first-order valence-corrected chi connectivity index (χ1v) is 9.55. The molecule has 1 amide bonds. The van der Waals surface area contributed by atoms with Gasteiger partial charge in [0.25, 0.3) is 5.91 Å². The maximum atomic E-state index is 12.9. The summed E-state index contributed by atoms with van der Waals surface area (Å²) in [6.07, 6.45) is 1.84. The molecule has 4 nitrogen and oxygen atoms in total. The fourth-order valence-corrected chi connectivity index (χ4v) is 3.18. The Kier molecular flexibility index (Phi) is 5.84. The maximum Gasteiger partial charge on any atom is 0.253 e. The molecule has 0 unspecified atom stereocenters. The summed E-state index contributed by atoms with van der Waals surface area (Å²) < 4.78 is 0. The van der Waals surface area contributed by atoms with Crippen molar-refractivity contribution in [3.8, 4) is 11.4 Å². The Morgan fingerprint density at radius 2 is 1.56 bits per heavy atom. The average Bonchev–Trinajstić information content (AvgIpc) is 2.66. The van der Waals surface area contributed by atoms with Crippen LogP contribution in [0.3, 0.4) is 0 Å². The van der Waals surface area contributed by atoms with Gasteiger partial charge in [0, 0.05) is 35.8 Å². The average molecular weight is 361 g/mol. The predicted octanol–water partition coefficient (Wildman–Crippen LogP) is 5.05. The SMILES string of the molecule is CC(C)CN(CC(C)C)C(=O)c1ccc(-c2ncc3ccccc3n2)cc1. The zero-order chi connectivity index (χ0) is 19.4. The van der Waals surface area contributed by atoms with Crippen molar-refractivity contribution in [2.75, 3.05) is 13.1 Å². The molecule has 0 saturated carbocycles. The second-order valence-corrected chi connectivity index (χ2v) is 7.83. The fourth-order valence-electron chi connectivity index (χ4n) is 3.18. The van der Waals surface area contributed by atoms with Crippen LogP contribution >= 0.6 is 0 Å². The van der Waals surface area contributed by atoms with Crippen LogP contribution in [0, 0.1) is 11.8 Å². The van der Waals surface area contributed by atoms with E-state index in [1.807, 2.05) is 59.6 Å². The van der Waals surface area contributed by atoms with Gasteiger partial charge in [-0.25, -0.2) is 9.97 Å². The molecule has 3 rings (SSSR count). The molecule has 0 bridgehead atoms. The van der Waals surface area contributed by atoms with Crippen LogP contribution in [-0.4, -0.2) is 33.9 Å². The summed E-state index contributed by atoms with van der Waals surface area (Å²) in [7, 11) is 0. The van der Waals surface area contributed by atoms with E-state index >= 15 is 0 Å². The van der Waals surface area contributed by atoms with Crippen molar-refractivity contribution in [1.29, 1.82) is 0 Å². The van der Waals surface area contributed by atoms with Gasteiger partial charge in [0.05, 0.1) is 5.52 Å². The highest BCUT2D eigenvalue weighted by Gasteiger charge is 2.18. The van der Waals surface area contributed by atoms with Crippen LogP contribution in [0.5, 0.6) is 0 Å². The Bertz CT molecular complexity index is 906. The lowest BCUT2D eigenvalue weighted by atomic mass is 10.1. The molecular formula is C23H27N3O. The number of hydrogen-bond donors (Lipinski definition) is 0. The van der Waals surface area contributed by atoms with Gasteiger partial charge < -0.3 is 4.90 Å². The fraction of sp³-hybridized carbons (Fsp3) is 0.348. The monoisotopic (exact) mass is 361 g/mol. The van der Waals surface area contributed by atoms with E-state index < -0.39 is 0 Å². The Hall–Kier alpha value is -2.75. The number of aromatic nitrogens is 2. The number of amides is 1. The molecule has 27 heavy (non-hydrogen) atoms. The molecule has 0 radical (unpaired) electrons. The molecule has 0 aliphatic carbocycles. The van der Waals surface area contributed by atoms with Gasteiger partial charge in [0.2, 0.25) is 0 Å². The molecule has 0 saturated heterocycles. The van der Waals surface area contributed by atoms with E-state index in [2.05, 4.69) is 37.7 Å². The first-order chi connectivity index (χ1) is 12.9. The number of carbonyl (C=O) groups excluding carboxylic acids is 1. The third-order valence-corrected chi connectivity index (χ3v) is 4.34. The van der Waals surface area contributed by atoms with E-state index in [1.54, 1.807) is 0 Å². The van der Waals surface area contributed by atoms with Gasteiger partial charge in [-0.15, -0.1) is 0 Å². The number of carbonyl (C=O) groups is 1. The summed E-state index contributed by atoms with van der Waals surface area (Å²) in [6, 6.07) is 15.5. The summed E-state index contributed by atoms with van der Waals surface area (Å²) in [4.78, 5) is 24.0. The number of hydrogen-bond acceptors (Lipinski definition) is 3. The van der Waals surface area contributed by atoms with Crippen LogP contribution < -0.4 is 0 Å². The van der Waals surface area contributed by atoms with Crippen molar-refractivity contribution in [3.63, 3.8) is 0 Å². The number of fused-ring (bicyclic) bond motifs is 1. The molecule has 2 aromatic carbocycles. The molecule has 0 atom stereocenters. The summed E-state index contributed by atoms with van der Waals surface area (Å²) in [5.74, 6) is 1.65. The molecule has 0 fully saturated rings. The van der Waals surface area contributed by atoms with E-state index in [0.29, 0.717) is 23.2 Å². The van der Waals surface area contributed by atoms with E-state index in [1.165, 1.54) is 0 Å². The van der Waals surface area contributed by atoms with Crippen molar-refractivity contribution in [3.05, 3.63) is 60.3 Å². The van der Waals surface area contributed by atoms with Crippen molar-refractivity contribution < 1.29 is 4.79 Å². The van der Waals surface area contributed by atoms with Crippen LogP contribution in [0.2, 0.25) is 0 Å². The minimum absolute atomic E-state index is 0.0865. The molecule has 0 aliphatic heterocycles. The Labute approximate surface area is 161 Å². The normalized spacial score (nSPS) is 11.3. The van der Waals surface area contributed by atoms with Crippen LogP contribution in [0.15, 0.2) is 54.7 Å². The third kappa shape index (κ3) is 4.70. The third-order valence-electron chi connectivity index (χ3n) is 4.34. The molecule has 1 heterocycles. The number of para-hydroxylation sites is 1. The number of benzene rings is 2. The number of rotatable bonds is 6. The highest BCUT2D eigenvalue weighted by atomic mass is 16.2. The summed E-state index contributed by atoms with van der Waals surface area (Å²) >= 11 is 0. The lowest BCUT2D eigenvalue weighted by molar-refractivity contribution is 0.0715. The van der Waals surface area contributed by atoms with Gasteiger partial charge in [-0.2, -0.15) is 0 Å². The van der Waals surface area contributed by atoms with Gasteiger partial charge in [-0.05, 0) is 30.0 Å². The molecule has 3 aromatic rings. The first-order valence-electron chi connectivity index (χ1n) is 9.55. The van der Waals surface area contributed by atoms with E-state index in [0.717, 1.165) is 29.6 Å². The molecule has 0 N–H and O–H groups in total. The van der Waals surface area contributed by atoms with E-state index in [9.17, 15) is 4.79 Å². The van der Waals surface area contributed by atoms with Crippen molar-refractivity contribution in [2.24, 2.45) is 11.8 Å². The lowest BCUT2D eigenvalue weighted by Crippen LogP contribution is -2.37. The van der Waals surface area contributed by atoms with Gasteiger partial charge in [-0.3, -0.25) is 4.79 Å². The first kappa shape index (κ1) is 19.0. The summed E-state index contributed by atoms with van der Waals surface area (Å²) in [6.45, 7) is 10.1. The minimum Gasteiger partial charge on any atom is -0.338 e. The van der Waals surface area contributed by atoms with Gasteiger partial charge in [-0.1, -0.05) is 58.0 Å². The standard InChI is InChI=1S/C23H27N3O/c1-16(2)14-26(15-17(3)4)23(27)19-11-9-18(10-12-19)22-24-13-20-7-5-6-8-21(20)25-22/h5-13,16-17H,14-15H2,1-4H3. The summed E-state index contributed by atoms with van der Waals surface area (Å²) in [5.41, 5.74) is 2.54. The van der Waals surface area contributed by atoms with Crippen LogP contribution in [0.25, 0.3) is 22.3 Å². The molecular weight excluding hydrogens is 334 g/mol. The second kappa shape index (κ2) is 8.30. The second-order valence-electron chi connectivity index (χ2n) is 7.83. The molecule has 0 spiro atoms. The van der Waals surface area contributed by atoms with Gasteiger partial charge in [0.1, 0.15) is 0 Å². The minimum atomic E-state index is 0.0865. The van der Waals surface area contributed by atoms with Crippen LogP contribution in [-0.2, 0) is 0 Å². The zero-order valence-electron chi connectivity index (χ0n) is 16.5. The Balaban J connectivity index is 1.83. The quantitative estimate of drug-likeness (QED) is 0.617. The van der Waals surface area contributed by atoms with Crippen LogP contribution in [0.1, 0.15) is 38.1 Å². The Morgan fingerprint density at radius 3 is 2.19 bits per heavy atom. The predicted molar refractivity (Wildman–Crippen MR) is 111 cm³/mol. The highest BCUT2D eigenvalue weighted by molar-refractivity contribution is 5.94. The maximum absolute atomic E-state index is 12.9. The lowest BCUT2D eigenvalue weighted by Gasteiger charge is -2.26. The van der Waals surface area contributed by atoms with E-state index in [-0.39, 0.29) is 5.91 Å². The van der Waals surface area contributed by atoms with Crippen LogP contribution in [0.4, 0.5) is 0 Å². The smallest absolute Gasteiger partial charge is 0.253 e. The van der Waals surface area contributed by atoms with E-state index in [4.69, 9.17) is 0 Å². The molecule has 140 valence electrons. The highest BCUT2D eigenvalue weighted by Crippen LogP contribution is 2.20. The molecule has 4 heteroatoms. The zero-order valence-corrected chi connectivity index (χ0v) is 16.5.